The molecule has 10 heteroatoms. The molecule has 4 rings (SSSR count). The van der Waals surface area contributed by atoms with Crippen molar-refractivity contribution in [3.05, 3.63) is 65.2 Å². The van der Waals surface area contributed by atoms with Gasteiger partial charge < -0.3 is 16.4 Å². The zero-order valence-corrected chi connectivity index (χ0v) is 17.5. The van der Waals surface area contributed by atoms with Gasteiger partial charge in [-0.2, -0.15) is 0 Å². The van der Waals surface area contributed by atoms with Crippen LogP contribution in [-0.4, -0.2) is 26.4 Å². The van der Waals surface area contributed by atoms with Crippen LogP contribution in [0.4, 0.5) is 10.8 Å². The second-order valence-corrected chi connectivity index (χ2v) is 7.98. The van der Waals surface area contributed by atoms with Crippen molar-refractivity contribution in [1.82, 2.24) is 14.6 Å². The number of nitrogens with zero attached hydrogens (tertiary/aromatic N) is 3. The molecule has 0 saturated carbocycles. The van der Waals surface area contributed by atoms with Crippen LogP contribution in [-0.2, 0) is 0 Å². The quantitative estimate of drug-likeness (QED) is 0.275. The van der Waals surface area contributed by atoms with E-state index in [2.05, 4.69) is 25.2 Å². The van der Waals surface area contributed by atoms with Crippen LogP contribution < -0.4 is 16.4 Å². The molecule has 0 fully saturated rings. The first-order valence-corrected chi connectivity index (χ1v) is 10.5. The molecule has 0 aliphatic heterocycles. The predicted octanol–water partition coefficient (Wildman–Crippen LogP) is 4.19. The minimum Gasteiger partial charge on any atom is -0.370 e. The number of guanidine groups is 1. The monoisotopic (exact) mass is 435 g/mol. The zero-order chi connectivity index (χ0) is 21.1. The van der Waals surface area contributed by atoms with Gasteiger partial charge in [-0.1, -0.05) is 40.1 Å². The van der Waals surface area contributed by atoms with Gasteiger partial charge in [0.1, 0.15) is 5.69 Å². The molecule has 150 valence electrons. The van der Waals surface area contributed by atoms with Crippen molar-refractivity contribution < 1.29 is 4.79 Å². The van der Waals surface area contributed by atoms with Crippen LogP contribution in [0.5, 0.6) is 0 Å². The maximum atomic E-state index is 12.7. The zero-order valence-electron chi connectivity index (χ0n) is 15.8. The number of carbonyl (C=O) groups is 1. The Kier molecular flexibility index (Phi) is 5.50. The lowest BCUT2D eigenvalue weighted by atomic mass is 10.1. The largest absolute Gasteiger partial charge is 0.370 e. The fourth-order valence-electron chi connectivity index (χ4n) is 2.86. The predicted molar refractivity (Wildman–Crippen MR) is 121 cm³/mol. The van der Waals surface area contributed by atoms with Crippen molar-refractivity contribution in [2.24, 2.45) is 5.73 Å². The van der Waals surface area contributed by atoms with Crippen LogP contribution in [0.2, 0.25) is 0 Å². The summed E-state index contributed by atoms with van der Waals surface area (Å²) >= 11 is 2.69. The van der Waals surface area contributed by atoms with E-state index in [1.807, 2.05) is 48.7 Å². The summed E-state index contributed by atoms with van der Waals surface area (Å²) in [7, 11) is 0. The number of nitrogens with one attached hydrogen (secondary N) is 3. The average Bonchev–Trinajstić information content (AvgIpc) is 3.38. The lowest BCUT2D eigenvalue weighted by molar-refractivity contribution is 0.102. The number of rotatable bonds is 5. The molecule has 0 bridgehead atoms. The van der Waals surface area contributed by atoms with Crippen molar-refractivity contribution in [2.75, 3.05) is 10.6 Å². The molecule has 5 N–H and O–H groups in total. The van der Waals surface area contributed by atoms with E-state index in [0.29, 0.717) is 16.4 Å². The highest BCUT2D eigenvalue weighted by Crippen LogP contribution is 2.34. The lowest BCUT2D eigenvalue weighted by Crippen LogP contribution is -2.20. The third-order valence-corrected chi connectivity index (χ3v) is 5.85. The Morgan fingerprint density at radius 2 is 1.90 bits per heavy atom. The van der Waals surface area contributed by atoms with E-state index in [0.717, 1.165) is 27.4 Å². The first kappa shape index (κ1) is 19.7. The van der Waals surface area contributed by atoms with Crippen molar-refractivity contribution in [3.63, 3.8) is 0 Å². The van der Waals surface area contributed by atoms with Crippen LogP contribution in [0.25, 0.3) is 21.7 Å². The molecule has 0 unspecified atom stereocenters. The summed E-state index contributed by atoms with van der Waals surface area (Å²) in [5.74, 6) is -0.358. The number of aromatic nitrogens is 3. The molecule has 2 heterocycles. The molecule has 30 heavy (non-hydrogen) atoms. The maximum absolute atomic E-state index is 12.7. The Balaban J connectivity index is 1.51. The number of nitrogens with two attached hydrogens (primary N) is 1. The fraction of sp³-hybridized carbons (Fsp3) is 0.0500. The molecule has 8 nitrogen and oxygen atoms in total. The summed E-state index contributed by atoms with van der Waals surface area (Å²) in [6.45, 7) is 1.89. The minimum absolute atomic E-state index is 0.159. The standard InChI is InChI=1S/C20H17N7OS2/c1-11-17(30-20(23-11)25-19(21)22)14-3-2-4-15(9-14)24-18(28)13-7-5-12(6-8-13)16-10-29-27-26-16/h2-10H,1H3,(H,24,28)(H4,21,22,23,25). The van der Waals surface area contributed by atoms with Gasteiger partial charge in [0.05, 0.1) is 10.6 Å². The molecule has 0 saturated heterocycles. The Hall–Kier alpha value is -3.63. The average molecular weight is 436 g/mol. The number of carbonyl (C=O) groups excluding carboxylic acids is 1. The smallest absolute Gasteiger partial charge is 0.255 e. The number of benzene rings is 2. The van der Waals surface area contributed by atoms with Crippen molar-refractivity contribution in [1.29, 1.82) is 5.41 Å². The van der Waals surface area contributed by atoms with Gasteiger partial charge in [0.15, 0.2) is 11.1 Å². The number of aryl methyl sites for hydroxylation is 1. The fourth-order valence-corrected chi connectivity index (χ4v) is 4.30. The van der Waals surface area contributed by atoms with E-state index in [4.69, 9.17) is 11.1 Å². The Bertz CT molecular complexity index is 1200. The summed E-state index contributed by atoms with van der Waals surface area (Å²) in [4.78, 5) is 18.0. The molecule has 4 aromatic rings. The maximum Gasteiger partial charge on any atom is 0.255 e. The van der Waals surface area contributed by atoms with Gasteiger partial charge in [0.2, 0.25) is 0 Å². The van der Waals surface area contributed by atoms with Gasteiger partial charge in [-0.25, -0.2) is 4.98 Å². The SMILES string of the molecule is Cc1nc(NC(=N)N)sc1-c1cccc(NC(=O)c2ccc(-c3csnn3)cc2)c1. The van der Waals surface area contributed by atoms with E-state index in [1.165, 1.54) is 22.9 Å². The molecule has 0 atom stereocenters. The molecule has 0 radical (unpaired) electrons. The summed E-state index contributed by atoms with van der Waals surface area (Å²) in [5.41, 5.74) is 10.1. The van der Waals surface area contributed by atoms with Crippen LogP contribution in [0.15, 0.2) is 53.9 Å². The number of anilines is 2. The van der Waals surface area contributed by atoms with Gasteiger partial charge in [-0.3, -0.25) is 10.2 Å². The number of thiazole rings is 1. The van der Waals surface area contributed by atoms with Crippen molar-refractivity contribution in [2.45, 2.75) is 6.92 Å². The van der Waals surface area contributed by atoms with Crippen molar-refractivity contribution in [3.8, 4) is 21.7 Å². The van der Waals surface area contributed by atoms with E-state index in [-0.39, 0.29) is 11.9 Å². The summed E-state index contributed by atoms with van der Waals surface area (Å²) in [6.07, 6.45) is 0. The normalized spacial score (nSPS) is 10.6. The second-order valence-electron chi connectivity index (χ2n) is 6.37. The first-order valence-electron chi connectivity index (χ1n) is 8.87. The molecule has 2 aromatic heterocycles. The van der Waals surface area contributed by atoms with Crippen LogP contribution >= 0.6 is 22.9 Å². The molecule has 0 aliphatic carbocycles. The Labute approximate surface area is 180 Å². The van der Waals surface area contributed by atoms with E-state index >= 15 is 0 Å². The van der Waals surface area contributed by atoms with Crippen LogP contribution in [0.3, 0.4) is 0 Å². The first-order chi connectivity index (χ1) is 14.5. The number of hydrogen-bond acceptors (Lipinski definition) is 7. The number of hydrogen-bond donors (Lipinski definition) is 4. The van der Waals surface area contributed by atoms with Gasteiger partial charge in [0.25, 0.3) is 5.91 Å². The molecular weight excluding hydrogens is 418 g/mol. The summed E-state index contributed by atoms with van der Waals surface area (Å²) < 4.78 is 3.85. The molecule has 2 aromatic carbocycles. The van der Waals surface area contributed by atoms with Gasteiger partial charge in [-0.15, -0.1) is 5.10 Å². The molecule has 1 amide bonds. The molecule has 0 spiro atoms. The Morgan fingerprint density at radius 1 is 1.10 bits per heavy atom. The van der Waals surface area contributed by atoms with Crippen LogP contribution in [0.1, 0.15) is 16.1 Å². The summed E-state index contributed by atoms with van der Waals surface area (Å²) in [6, 6.07) is 14.8. The van der Waals surface area contributed by atoms with Crippen molar-refractivity contribution >= 4 is 45.6 Å². The lowest BCUT2D eigenvalue weighted by Gasteiger charge is -2.08. The topological polar surface area (TPSA) is 130 Å². The second kappa shape index (κ2) is 8.39. The highest BCUT2D eigenvalue weighted by atomic mass is 32.1. The Morgan fingerprint density at radius 3 is 2.60 bits per heavy atom. The van der Waals surface area contributed by atoms with E-state index in [1.54, 1.807) is 12.1 Å². The van der Waals surface area contributed by atoms with Crippen LogP contribution in [0, 0.1) is 12.3 Å². The summed E-state index contributed by atoms with van der Waals surface area (Å²) in [5, 5.41) is 19.4. The molecular formula is C20H17N7OS2. The van der Waals surface area contributed by atoms with Gasteiger partial charge in [-0.05, 0) is 48.3 Å². The number of amides is 1. The molecule has 0 aliphatic rings. The third-order valence-electron chi connectivity index (χ3n) is 4.22. The highest BCUT2D eigenvalue weighted by Gasteiger charge is 2.12. The van der Waals surface area contributed by atoms with Gasteiger partial charge >= 0.3 is 0 Å². The van der Waals surface area contributed by atoms with Gasteiger partial charge in [0, 0.05) is 22.2 Å². The minimum atomic E-state index is -0.199. The van der Waals surface area contributed by atoms with E-state index < -0.39 is 0 Å². The van der Waals surface area contributed by atoms with E-state index in [9.17, 15) is 4.79 Å². The highest BCUT2D eigenvalue weighted by molar-refractivity contribution is 7.19. The third kappa shape index (κ3) is 4.34.